The van der Waals surface area contributed by atoms with Crippen molar-refractivity contribution >= 4 is 40.8 Å². The molecule has 20 heavy (non-hydrogen) atoms. The van der Waals surface area contributed by atoms with Gasteiger partial charge >= 0.3 is 0 Å². The number of hydrogen-bond donors (Lipinski definition) is 1. The molecule has 0 radical (unpaired) electrons. The number of nitrogens with one attached hydrogen (secondary N) is 1. The Hall–Kier alpha value is -0.830. The summed E-state index contributed by atoms with van der Waals surface area (Å²) in [6.07, 6.45) is 0. The molecule has 0 amide bonds. The summed E-state index contributed by atoms with van der Waals surface area (Å²) in [5.74, 6) is 0. The zero-order valence-corrected chi connectivity index (χ0v) is 14.0. The standard InChI is InChI=1S/C16H17Cl2NS/c1-16(2,3)11-7-9-12(10-8-11)19-20-14-6-4-5-13(17)15(14)18/h4-10,19H,1-3H3. The van der Waals surface area contributed by atoms with Crippen LogP contribution >= 0.6 is 35.1 Å². The summed E-state index contributed by atoms with van der Waals surface area (Å²) < 4.78 is 3.28. The second-order valence-corrected chi connectivity index (χ2v) is 7.22. The molecule has 0 atom stereocenters. The van der Waals surface area contributed by atoms with Gasteiger partial charge in [0.05, 0.1) is 10.0 Å². The third kappa shape index (κ3) is 3.85. The molecular formula is C16H17Cl2NS. The van der Waals surface area contributed by atoms with Crippen molar-refractivity contribution in [1.82, 2.24) is 0 Å². The minimum absolute atomic E-state index is 0.169. The number of halogens is 2. The molecule has 0 aliphatic heterocycles. The van der Waals surface area contributed by atoms with Crippen molar-refractivity contribution < 1.29 is 0 Å². The molecule has 0 fully saturated rings. The Kier molecular flexibility index (Phi) is 4.90. The van der Waals surface area contributed by atoms with Crippen LogP contribution < -0.4 is 4.72 Å². The van der Waals surface area contributed by atoms with Crippen LogP contribution in [0.25, 0.3) is 0 Å². The first-order valence-electron chi connectivity index (χ1n) is 6.35. The first kappa shape index (κ1) is 15.6. The van der Waals surface area contributed by atoms with Gasteiger partial charge in [-0.25, -0.2) is 0 Å². The van der Waals surface area contributed by atoms with E-state index < -0.39 is 0 Å². The van der Waals surface area contributed by atoms with Crippen LogP contribution in [0.2, 0.25) is 10.0 Å². The Morgan fingerprint density at radius 2 is 1.60 bits per heavy atom. The molecule has 0 aliphatic carbocycles. The van der Waals surface area contributed by atoms with E-state index in [9.17, 15) is 0 Å². The van der Waals surface area contributed by atoms with Crippen LogP contribution in [0.3, 0.4) is 0 Å². The molecule has 0 saturated heterocycles. The lowest BCUT2D eigenvalue weighted by Crippen LogP contribution is -2.10. The van der Waals surface area contributed by atoms with Crippen molar-refractivity contribution in [2.45, 2.75) is 31.1 Å². The third-order valence-corrected chi connectivity index (χ3v) is 4.77. The van der Waals surface area contributed by atoms with Crippen molar-refractivity contribution in [2.75, 3.05) is 4.72 Å². The van der Waals surface area contributed by atoms with Crippen LogP contribution in [-0.4, -0.2) is 0 Å². The smallest absolute Gasteiger partial charge is 0.0745 e. The van der Waals surface area contributed by atoms with Gasteiger partial charge in [0.15, 0.2) is 0 Å². The molecule has 106 valence electrons. The van der Waals surface area contributed by atoms with E-state index in [2.05, 4.69) is 49.8 Å². The summed E-state index contributed by atoms with van der Waals surface area (Å²) in [6, 6.07) is 14.0. The highest BCUT2D eigenvalue weighted by molar-refractivity contribution is 8.00. The van der Waals surface area contributed by atoms with E-state index in [0.717, 1.165) is 10.6 Å². The van der Waals surface area contributed by atoms with E-state index >= 15 is 0 Å². The van der Waals surface area contributed by atoms with Gasteiger partial charge < -0.3 is 4.72 Å². The van der Waals surface area contributed by atoms with E-state index in [0.29, 0.717) is 10.0 Å². The third-order valence-electron chi connectivity index (χ3n) is 2.95. The number of rotatable bonds is 3. The van der Waals surface area contributed by atoms with E-state index in [1.54, 1.807) is 6.07 Å². The maximum absolute atomic E-state index is 6.15. The summed E-state index contributed by atoms with van der Waals surface area (Å²) >= 11 is 13.6. The van der Waals surface area contributed by atoms with Crippen LogP contribution in [-0.2, 0) is 5.41 Å². The fraction of sp³-hybridized carbons (Fsp3) is 0.250. The fourth-order valence-electron chi connectivity index (χ4n) is 1.72. The highest BCUT2D eigenvalue weighted by Gasteiger charge is 2.12. The van der Waals surface area contributed by atoms with Gasteiger partial charge in [-0.1, -0.05) is 62.2 Å². The van der Waals surface area contributed by atoms with Crippen LogP contribution in [0, 0.1) is 0 Å². The minimum atomic E-state index is 0.169. The maximum atomic E-state index is 6.15. The molecule has 0 aromatic heterocycles. The summed E-state index contributed by atoms with van der Waals surface area (Å²) in [6.45, 7) is 6.61. The highest BCUT2D eigenvalue weighted by atomic mass is 35.5. The van der Waals surface area contributed by atoms with Gasteiger partial charge in [0, 0.05) is 10.6 Å². The van der Waals surface area contributed by atoms with E-state index in [1.165, 1.54) is 17.5 Å². The van der Waals surface area contributed by atoms with Gasteiger partial charge in [-0.3, -0.25) is 0 Å². The molecule has 0 bridgehead atoms. The molecule has 0 saturated carbocycles. The van der Waals surface area contributed by atoms with E-state index in [-0.39, 0.29) is 5.41 Å². The van der Waals surface area contributed by atoms with Gasteiger partial charge in [-0.05, 0) is 47.2 Å². The van der Waals surface area contributed by atoms with Crippen LogP contribution in [0.15, 0.2) is 47.4 Å². The lowest BCUT2D eigenvalue weighted by Gasteiger charge is -2.19. The molecule has 1 N–H and O–H groups in total. The first-order valence-corrected chi connectivity index (χ1v) is 7.92. The fourth-order valence-corrected chi connectivity index (χ4v) is 2.90. The average Bonchev–Trinajstić information content (AvgIpc) is 2.40. The SMILES string of the molecule is CC(C)(C)c1ccc(NSc2cccc(Cl)c2Cl)cc1. The van der Waals surface area contributed by atoms with Crippen molar-refractivity contribution in [1.29, 1.82) is 0 Å². The van der Waals surface area contributed by atoms with Gasteiger partial charge in [0.1, 0.15) is 0 Å². The summed E-state index contributed by atoms with van der Waals surface area (Å²) in [5, 5.41) is 1.15. The van der Waals surface area contributed by atoms with Crippen LogP contribution in [0.1, 0.15) is 26.3 Å². The maximum Gasteiger partial charge on any atom is 0.0745 e. The number of hydrogen-bond acceptors (Lipinski definition) is 2. The molecule has 0 aliphatic rings. The molecule has 0 spiro atoms. The lowest BCUT2D eigenvalue weighted by molar-refractivity contribution is 0.590. The molecule has 1 nitrogen and oxygen atoms in total. The Morgan fingerprint density at radius 1 is 0.950 bits per heavy atom. The summed E-state index contributed by atoms with van der Waals surface area (Å²) in [4.78, 5) is 0.916. The topological polar surface area (TPSA) is 12.0 Å². The predicted octanol–water partition coefficient (Wildman–Crippen LogP) is 6.41. The Labute approximate surface area is 134 Å². The molecular weight excluding hydrogens is 309 g/mol. The first-order chi connectivity index (χ1) is 9.38. The Balaban J connectivity index is 2.06. The van der Waals surface area contributed by atoms with Crippen molar-refractivity contribution in [3.05, 3.63) is 58.1 Å². The van der Waals surface area contributed by atoms with E-state index in [1.807, 2.05) is 12.1 Å². The molecule has 0 heterocycles. The van der Waals surface area contributed by atoms with Crippen molar-refractivity contribution in [2.24, 2.45) is 0 Å². The Morgan fingerprint density at radius 3 is 2.20 bits per heavy atom. The largest absolute Gasteiger partial charge is 0.326 e. The van der Waals surface area contributed by atoms with Crippen molar-refractivity contribution in [3.8, 4) is 0 Å². The lowest BCUT2D eigenvalue weighted by atomic mass is 9.87. The predicted molar refractivity (Wildman–Crippen MR) is 91.1 cm³/mol. The quantitative estimate of drug-likeness (QED) is 0.654. The molecule has 2 aromatic rings. The summed E-state index contributed by atoms with van der Waals surface area (Å²) in [7, 11) is 0. The van der Waals surface area contributed by atoms with Crippen molar-refractivity contribution in [3.63, 3.8) is 0 Å². The van der Waals surface area contributed by atoms with Gasteiger partial charge in [-0.2, -0.15) is 0 Å². The number of anilines is 1. The summed E-state index contributed by atoms with van der Waals surface area (Å²) in [5.41, 5.74) is 2.52. The molecule has 4 heteroatoms. The molecule has 0 unspecified atom stereocenters. The normalized spacial score (nSPS) is 11.4. The highest BCUT2D eigenvalue weighted by Crippen LogP contribution is 2.33. The minimum Gasteiger partial charge on any atom is -0.326 e. The van der Waals surface area contributed by atoms with Gasteiger partial charge in [-0.15, -0.1) is 0 Å². The van der Waals surface area contributed by atoms with Gasteiger partial charge in [0.2, 0.25) is 0 Å². The monoisotopic (exact) mass is 325 g/mol. The van der Waals surface area contributed by atoms with E-state index in [4.69, 9.17) is 23.2 Å². The second kappa shape index (κ2) is 6.30. The zero-order valence-electron chi connectivity index (χ0n) is 11.7. The van der Waals surface area contributed by atoms with Crippen LogP contribution in [0.4, 0.5) is 5.69 Å². The number of benzene rings is 2. The molecule has 2 aromatic carbocycles. The molecule has 2 rings (SSSR count). The van der Waals surface area contributed by atoms with Crippen LogP contribution in [0.5, 0.6) is 0 Å². The Bertz CT molecular complexity index is 588. The second-order valence-electron chi connectivity index (χ2n) is 5.58. The zero-order chi connectivity index (χ0) is 14.8. The van der Waals surface area contributed by atoms with Gasteiger partial charge in [0.25, 0.3) is 0 Å². The average molecular weight is 326 g/mol.